The third-order valence-electron chi connectivity index (χ3n) is 8.39. The molecule has 8 N–H and O–H groups in total. The highest BCUT2D eigenvalue weighted by Gasteiger charge is 2.57. The lowest BCUT2D eigenvalue weighted by molar-refractivity contribution is -0.342. The fourth-order valence-corrected chi connectivity index (χ4v) is 6.18. The van der Waals surface area contributed by atoms with Crippen LogP contribution < -0.4 is 9.64 Å². The van der Waals surface area contributed by atoms with E-state index < -0.39 is 60.5 Å². The lowest BCUT2D eigenvalue weighted by Crippen LogP contribution is -2.68. The number of carboxylic acids is 1. The molecule has 1 fully saturated rings. The average Bonchev–Trinajstić information content (AvgIpc) is 3.66. The first-order chi connectivity index (χ1) is 21.0. The molecule has 6 rings (SSSR count). The Bertz CT molecular complexity index is 1620. The van der Waals surface area contributed by atoms with Crippen LogP contribution in [0.2, 0.25) is 0 Å². The van der Waals surface area contributed by atoms with Gasteiger partial charge in [-0.2, -0.15) is 0 Å². The normalized spacial score (nSPS) is 27.7. The number of aromatic hydroxyl groups is 2. The van der Waals surface area contributed by atoms with Gasteiger partial charge in [-0.3, -0.25) is 9.69 Å². The van der Waals surface area contributed by atoms with Crippen LogP contribution in [-0.4, -0.2) is 100 Å². The monoisotopic (exact) mass is 609 g/mol. The number of aliphatic hydroxyl groups is 4. The zero-order valence-corrected chi connectivity index (χ0v) is 23.2. The van der Waals surface area contributed by atoms with E-state index in [-0.39, 0.29) is 36.4 Å². The van der Waals surface area contributed by atoms with Gasteiger partial charge in [-0.25, -0.2) is 9.78 Å². The number of anilines is 1. The number of aromatic amines is 1. The van der Waals surface area contributed by atoms with E-state index in [9.17, 15) is 45.3 Å². The molecule has 14 heteroatoms. The predicted octanol–water partition coefficient (Wildman–Crippen LogP) is -0.0375. The third-order valence-corrected chi connectivity index (χ3v) is 8.39. The summed E-state index contributed by atoms with van der Waals surface area (Å²) in [6.07, 6.45) is -0.280. The fourth-order valence-electron chi connectivity index (χ4n) is 6.18. The number of amides is 1. The Balaban J connectivity index is 1.32. The number of benzene rings is 2. The molecule has 0 aliphatic carbocycles. The molecule has 0 radical (unpaired) electrons. The second-order valence-corrected chi connectivity index (χ2v) is 11.1. The Morgan fingerprint density at radius 3 is 2.64 bits per heavy atom. The van der Waals surface area contributed by atoms with Crippen LogP contribution >= 0.6 is 0 Å². The Hall–Kier alpha value is -4.47. The Kier molecular flexibility index (Phi) is 7.55. The smallest absolute Gasteiger partial charge is 0.327 e. The number of aliphatic hydroxyl groups excluding tert-OH is 4. The highest BCUT2D eigenvalue weighted by Crippen LogP contribution is 2.51. The van der Waals surface area contributed by atoms with Crippen LogP contribution in [-0.2, 0) is 33.6 Å². The van der Waals surface area contributed by atoms with Crippen molar-refractivity contribution in [1.82, 2.24) is 9.97 Å². The van der Waals surface area contributed by atoms with Crippen molar-refractivity contribution in [3.05, 3.63) is 70.8 Å². The second kappa shape index (κ2) is 11.2. The summed E-state index contributed by atoms with van der Waals surface area (Å²) >= 11 is 0. The summed E-state index contributed by atoms with van der Waals surface area (Å²) in [4.78, 5) is 34.0. The minimum atomic E-state index is -1.93. The SMILES string of the molecule is O=C(O)[C@H]1Cc2cc(O)c3c(c2N1C(=O)/C=C/c1ccc(O)c(Cc2cnc[nH]2)c1)CC[C@@]1(O3)O[C@H](CO)[C@@H](O)[C@H](O)[C@H]1O. The molecular formula is C30H31N3O11. The Morgan fingerprint density at radius 1 is 1.14 bits per heavy atom. The van der Waals surface area contributed by atoms with Crippen LogP contribution in [0.5, 0.6) is 17.2 Å². The molecule has 1 amide bonds. The summed E-state index contributed by atoms with van der Waals surface area (Å²) < 4.78 is 11.7. The predicted molar refractivity (Wildman–Crippen MR) is 151 cm³/mol. The van der Waals surface area contributed by atoms with E-state index in [4.69, 9.17) is 9.47 Å². The van der Waals surface area contributed by atoms with E-state index >= 15 is 0 Å². The zero-order chi connectivity index (χ0) is 31.3. The lowest BCUT2D eigenvalue weighted by atomic mass is 9.86. The van der Waals surface area contributed by atoms with E-state index in [0.29, 0.717) is 28.7 Å². The quantitative estimate of drug-likeness (QED) is 0.172. The van der Waals surface area contributed by atoms with E-state index in [1.54, 1.807) is 18.3 Å². The Morgan fingerprint density at radius 2 is 1.93 bits per heavy atom. The van der Waals surface area contributed by atoms with Gasteiger partial charge in [0.15, 0.2) is 11.5 Å². The molecule has 1 spiro atoms. The molecule has 3 aliphatic rings. The maximum Gasteiger partial charge on any atom is 0.327 e. The van der Waals surface area contributed by atoms with E-state index in [2.05, 4.69) is 9.97 Å². The van der Waals surface area contributed by atoms with Crippen molar-refractivity contribution in [3.8, 4) is 17.2 Å². The number of rotatable bonds is 6. The maximum absolute atomic E-state index is 13.6. The largest absolute Gasteiger partial charge is 0.508 e. The number of ether oxygens (including phenoxy) is 2. The minimum Gasteiger partial charge on any atom is -0.508 e. The lowest BCUT2D eigenvalue weighted by Gasteiger charge is -2.50. The van der Waals surface area contributed by atoms with Gasteiger partial charge in [0.2, 0.25) is 5.79 Å². The van der Waals surface area contributed by atoms with Gasteiger partial charge in [0, 0.05) is 48.4 Å². The molecule has 3 aliphatic heterocycles. The standard InChI is InChI=1S/C30H31N3O11/c34-12-22-25(38)26(39)28(40)30(43-22)6-5-18-24-16(10-21(36)27(18)44-30)9-19(29(41)42)33(24)23(37)4-2-14-1-3-20(35)15(7-14)8-17-11-31-13-32-17/h1-4,7,10-11,13,19,22,25-26,28,34-36,38-40H,5-6,8-9,12H2,(H,31,32)(H,41,42)/b4-2+/t19-,22-,25-,26+,28-,30+/m1/s1. The molecule has 0 bridgehead atoms. The van der Waals surface area contributed by atoms with E-state index in [1.807, 2.05) is 0 Å². The van der Waals surface area contributed by atoms with Gasteiger partial charge in [0.1, 0.15) is 36.2 Å². The van der Waals surface area contributed by atoms with Gasteiger partial charge >= 0.3 is 5.97 Å². The molecule has 2 aromatic carbocycles. The number of carbonyl (C=O) groups is 2. The first kappa shape index (κ1) is 29.6. The molecule has 3 aromatic rings. The first-order valence-corrected chi connectivity index (χ1v) is 14.0. The molecule has 232 valence electrons. The molecule has 6 atom stereocenters. The van der Waals surface area contributed by atoms with Gasteiger partial charge in [-0.05, 0) is 41.8 Å². The fraction of sp³-hybridized carbons (Fsp3) is 0.367. The number of phenolic OH excluding ortho intramolecular Hbond substituents is 2. The Labute approximate surface area is 250 Å². The second-order valence-electron chi connectivity index (χ2n) is 11.1. The summed E-state index contributed by atoms with van der Waals surface area (Å²) in [6, 6.07) is 4.79. The number of hydrogen-bond acceptors (Lipinski definition) is 11. The highest BCUT2D eigenvalue weighted by molar-refractivity contribution is 6.10. The number of hydrogen-bond donors (Lipinski definition) is 8. The number of nitrogens with one attached hydrogen (secondary N) is 1. The van der Waals surface area contributed by atoms with Crippen LogP contribution in [0.3, 0.4) is 0 Å². The molecule has 44 heavy (non-hydrogen) atoms. The van der Waals surface area contributed by atoms with Crippen molar-refractivity contribution in [2.24, 2.45) is 0 Å². The summed E-state index contributed by atoms with van der Waals surface area (Å²) in [7, 11) is 0. The van der Waals surface area contributed by atoms with Crippen LogP contribution in [0.25, 0.3) is 6.08 Å². The zero-order valence-electron chi connectivity index (χ0n) is 23.2. The third kappa shape index (κ3) is 4.96. The van der Waals surface area contributed by atoms with Gasteiger partial charge in [-0.1, -0.05) is 6.07 Å². The highest BCUT2D eigenvalue weighted by atomic mass is 16.7. The number of carbonyl (C=O) groups excluding carboxylic acids is 1. The number of fused-ring (bicyclic) bond motifs is 3. The number of H-pyrrole nitrogens is 1. The number of phenols is 2. The van der Waals surface area contributed by atoms with Crippen LogP contribution in [0.15, 0.2) is 42.9 Å². The number of carboxylic acid groups (broad SMARTS) is 1. The van der Waals surface area contributed by atoms with Gasteiger partial charge in [-0.15, -0.1) is 0 Å². The van der Waals surface area contributed by atoms with Crippen molar-refractivity contribution in [2.75, 3.05) is 11.5 Å². The molecule has 0 saturated carbocycles. The number of aromatic nitrogens is 2. The van der Waals surface area contributed by atoms with E-state index in [0.717, 1.165) is 10.6 Å². The van der Waals surface area contributed by atoms with Crippen molar-refractivity contribution >= 4 is 23.6 Å². The number of imidazole rings is 1. The van der Waals surface area contributed by atoms with Crippen molar-refractivity contribution in [1.29, 1.82) is 0 Å². The average molecular weight is 610 g/mol. The van der Waals surface area contributed by atoms with Crippen LogP contribution in [0.4, 0.5) is 5.69 Å². The summed E-state index contributed by atoms with van der Waals surface area (Å²) in [6.45, 7) is -0.681. The van der Waals surface area contributed by atoms with Crippen molar-refractivity contribution in [2.45, 2.75) is 61.9 Å². The molecular weight excluding hydrogens is 578 g/mol. The van der Waals surface area contributed by atoms with E-state index in [1.165, 1.54) is 30.6 Å². The number of aliphatic carboxylic acids is 1. The molecule has 14 nitrogen and oxygen atoms in total. The van der Waals surface area contributed by atoms with Crippen molar-refractivity contribution in [3.63, 3.8) is 0 Å². The number of nitrogens with zero attached hydrogens (tertiary/aromatic N) is 2. The van der Waals surface area contributed by atoms with Crippen molar-refractivity contribution < 1.29 is 54.8 Å². The topological polar surface area (TPSA) is 226 Å². The summed E-state index contributed by atoms with van der Waals surface area (Å²) in [5, 5.41) is 72.2. The molecule has 1 saturated heterocycles. The van der Waals surface area contributed by atoms with Crippen LogP contribution in [0.1, 0.15) is 34.4 Å². The summed E-state index contributed by atoms with van der Waals surface area (Å²) in [5.41, 5.74) is 2.89. The van der Waals surface area contributed by atoms with Gasteiger partial charge in [0.25, 0.3) is 5.91 Å². The molecule has 4 heterocycles. The van der Waals surface area contributed by atoms with Gasteiger partial charge < -0.3 is 50.2 Å². The van der Waals surface area contributed by atoms with Crippen LogP contribution in [0, 0.1) is 0 Å². The first-order valence-electron chi connectivity index (χ1n) is 14.0. The van der Waals surface area contributed by atoms with Gasteiger partial charge in [0.05, 0.1) is 18.6 Å². The minimum absolute atomic E-state index is 0.0266. The molecule has 0 unspecified atom stereocenters. The summed E-state index contributed by atoms with van der Waals surface area (Å²) in [5.74, 6) is -4.35. The molecule has 1 aromatic heterocycles. The maximum atomic E-state index is 13.6.